The molecular formula is C14H10BrFO. The Bertz CT molecular complexity index is 561. The highest BCUT2D eigenvalue weighted by molar-refractivity contribution is 9.10. The van der Waals surface area contributed by atoms with Crippen molar-refractivity contribution < 1.29 is 9.18 Å². The van der Waals surface area contributed by atoms with Crippen LogP contribution in [0.2, 0.25) is 0 Å². The molecule has 2 aromatic carbocycles. The molecule has 0 aliphatic heterocycles. The zero-order chi connectivity index (χ0) is 12.4. The predicted molar refractivity (Wildman–Crippen MR) is 68.7 cm³/mol. The summed E-state index contributed by atoms with van der Waals surface area (Å²) < 4.78 is 14.0. The molecule has 0 heterocycles. The largest absolute Gasteiger partial charge is 0.289 e. The molecule has 0 aromatic heterocycles. The second-order valence-electron chi connectivity index (χ2n) is 3.80. The van der Waals surface area contributed by atoms with Gasteiger partial charge in [0.15, 0.2) is 5.78 Å². The van der Waals surface area contributed by atoms with E-state index in [1.54, 1.807) is 37.3 Å². The first-order chi connectivity index (χ1) is 8.08. The van der Waals surface area contributed by atoms with Crippen LogP contribution in [0.1, 0.15) is 21.5 Å². The van der Waals surface area contributed by atoms with E-state index in [9.17, 15) is 9.18 Å². The van der Waals surface area contributed by atoms with E-state index >= 15 is 0 Å². The fraction of sp³-hybridized carbons (Fsp3) is 0.0714. The van der Waals surface area contributed by atoms with E-state index in [1.807, 2.05) is 0 Å². The van der Waals surface area contributed by atoms with Crippen molar-refractivity contribution in [2.24, 2.45) is 0 Å². The molecule has 17 heavy (non-hydrogen) atoms. The van der Waals surface area contributed by atoms with Gasteiger partial charge >= 0.3 is 0 Å². The van der Waals surface area contributed by atoms with Crippen LogP contribution in [0.3, 0.4) is 0 Å². The fourth-order valence-electron chi connectivity index (χ4n) is 1.60. The Morgan fingerprint density at radius 2 is 1.76 bits per heavy atom. The van der Waals surface area contributed by atoms with Crippen LogP contribution >= 0.6 is 15.9 Å². The van der Waals surface area contributed by atoms with Gasteiger partial charge in [-0.15, -0.1) is 0 Å². The summed E-state index contributed by atoms with van der Waals surface area (Å²) in [7, 11) is 0. The van der Waals surface area contributed by atoms with Gasteiger partial charge in [-0.05, 0) is 48.9 Å². The Labute approximate surface area is 107 Å². The van der Waals surface area contributed by atoms with Gasteiger partial charge in [0, 0.05) is 15.6 Å². The number of carbonyl (C=O) groups is 1. The van der Waals surface area contributed by atoms with Crippen molar-refractivity contribution in [3.05, 3.63) is 69.4 Å². The van der Waals surface area contributed by atoms with Gasteiger partial charge < -0.3 is 0 Å². The number of aryl methyl sites for hydroxylation is 1. The topological polar surface area (TPSA) is 17.1 Å². The summed E-state index contributed by atoms with van der Waals surface area (Å²) in [6, 6.07) is 11.3. The molecule has 0 saturated carbocycles. The number of hydrogen-bond acceptors (Lipinski definition) is 1. The molecule has 0 radical (unpaired) electrons. The molecule has 86 valence electrons. The Hall–Kier alpha value is -1.48. The maximum Gasteiger partial charge on any atom is 0.193 e. The summed E-state index contributed by atoms with van der Waals surface area (Å²) in [4.78, 5) is 12.1. The highest BCUT2D eigenvalue weighted by atomic mass is 79.9. The van der Waals surface area contributed by atoms with Gasteiger partial charge in [-0.3, -0.25) is 4.79 Å². The van der Waals surface area contributed by atoms with Crippen molar-refractivity contribution in [1.29, 1.82) is 0 Å². The number of carbonyl (C=O) groups excluding carboxylic acids is 1. The normalized spacial score (nSPS) is 10.3. The van der Waals surface area contributed by atoms with Gasteiger partial charge in [-0.2, -0.15) is 0 Å². The van der Waals surface area contributed by atoms with Crippen LogP contribution in [0.15, 0.2) is 46.9 Å². The number of halogens is 2. The van der Waals surface area contributed by atoms with Crippen molar-refractivity contribution in [2.75, 3.05) is 0 Å². The van der Waals surface area contributed by atoms with Crippen LogP contribution in [-0.2, 0) is 0 Å². The molecule has 0 amide bonds. The van der Waals surface area contributed by atoms with Crippen molar-refractivity contribution in [3.8, 4) is 0 Å². The molecule has 0 fully saturated rings. The second kappa shape index (κ2) is 4.80. The van der Waals surface area contributed by atoms with E-state index in [2.05, 4.69) is 15.9 Å². The standard InChI is InChI=1S/C14H10BrFO/c1-9-2-7-12(16)8-13(9)14(17)10-3-5-11(15)6-4-10/h2-8H,1H3. The van der Waals surface area contributed by atoms with Crippen molar-refractivity contribution in [2.45, 2.75) is 6.92 Å². The number of rotatable bonds is 2. The Morgan fingerprint density at radius 1 is 1.12 bits per heavy atom. The van der Waals surface area contributed by atoms with E-state index in [-0.39, 0.29) is 5.78 Å². The quantitative estimate of drug-likeness (QED) is 0.761. The molecule has 0 unspecified atom stereocenters. The molecule has 2 rings (SSSR count). The zero-order valence-electron chi connectivity index (χ0n) is 9.21. The minimum atomic E-state index is -0.393. The zero-order valence-corrected chi connectivity index (χ0v) is 10.8. The number of benzene rings is 2. The second-order valence-corrected chi connectivity index (χ2v) is 4.71. The lowest BCUT2D eigenvalue weighted by molar-refractivity contribution is 0.103. The molecule has 0 N–H and O–H groups in total. The summed E-state index contributed by atoms with van der Waals surface area (Å²) >= 11 is 3.31. The highest BCUT2D eigenvalue weighted by Gasteiger charge is 2.12. The third-order valence-corrected chi connectivity index (χ3v) is 3.08. The van der Waals surface area contributed by atoms with Crippen LogP contribution in [0.4, 0.5) is 4.39 Å². The van der Waals surface area contributed by atoms with Crippen LogP contribution in [0.5, 0.6) is 0 Å². The first-order valence-electron chi connectivity index (χ1n) is 5.14. The number of ketones is 1. The lowest BCUT2D eigenvalue weighted by atomic mass is 9.99. The van der Waals surface area contributed by atoms with Crippen molar-refractivity contribution in [3.63, 3.8) is 0 Å². The third-order valence-electron chi connectivity index (χ3n) is 2.55. The average Bonchev–Trinajstić information content (AvgIpc) is 2.32. The molecule has 0 atom stereocenters. The molecular weight excluding hydrogens is 283 g/mol. The Morgan fingerprint density at radius 3 is 2.41 bits per heavy atom. The molecule has 0 saturated heterocycles. The fourth-order valence-corrected chi connectivity index (χ4v) is 1.86. The van der Waals surface area contributed by atoms with Gasteiger partial charge in [-0.25, -0.2) is 4.39 Å². The van der Waals surface area contributed by atoms with E-state index in [0.29, 0.717) is 11.1 Å². The monoisotopic (exact) mass is 292 g/mol. The van der Waals surface area contributed by atoms with Crippen LogP contribution < -0.4 is 0 Å². The van der Waals surface area contributed by atoms with Crippen molar-refractivity contribution in [1.82, 2.24) is 0 Å². The SMILES string of the molecule is Cc1ccc(F)cc1C(=O)c1ccc(Br)cc1. The molecule has 3 heteroatoms. The lowest BCUT2D eigenvalue weighted by Crippen LogP contribution is -2.04. The third kappa shape index (κ3) is 2.61. The predicted octanol–water partition coefficient (Wildman–Crippen LogP) is 4.13. The lowest BCUT2D eigenvalue weighted by Gasteiger charge is -2.05. The summed E-state index contributed by atoms with van der Waals surface area (Å²) in [6.45, 7) is 1.80. The van der Waals surface area contributed by atoms with Gasteiger partial charge in [0.1, 0.15) is 5.82 Å². The highest BCUT2D eigenvalue weighted by Crippen LogP contribution is 2.17. The smallest absolute Gasteiger partial charge is 0.193 e. The summed E-state index contributed by atoms with van der Waals surface area (Å²) in [5.74, 6) is -0.550. The van der Waals surface area contributed by atoms with E-state index in [0.717, 1.165) is 10.0 Å². The molecule has 0 aliphatic carbocycles. The van der Waals surface area contributed by atoms with E-state index in [1.165, 1.54) is 12.1 Å². The van der Waals surface area contributed by atoms with Gasteiger partial charge in [0.2, 0.25) is 0 Å². The molecule has 0 aliphatic rings. The maximum absolute atomic E-state index is 13.1. The van der Waals surface area contributed by atoms with E-state index in [4.69, 9.17) is 0 Å². The molecule has 0 spiro atoms. The number of hydrogen-bond donors (Lipinski definition) is 0. The minimum Gasteiger partial charge on any atom is -0.289 e. The molecule has 1 nitrogen and oxygen atoms in total. The van der Waals surface area contributed by atoms with Gasteiger partial charge in [0.05, 0.1) is 0 Å². The van der Waals surface area contributed by atoms with Crippen LogP contribution in [0, 0.1) is 12.7 Å². The summed E-state index contributed by atoms with van der Waals surface area (Å²) in [6.07, 6.45) is 0. The Balaban J connectivity index is 2.43. The molecule has 2 aromatic rings. The van der Waals surface area contributed by atoms with Crippen LogP contribution in [-0.4, -0.2) is 5.78 Å². The Kier molecular flexibility index (Phi) is 3.38. The van der Waals surface area contributed by atoms with E-state index < -0.39 is 5.82 Å². The summed E-state index contributed by atoms with van der Waals surface area (Å²) in [5, 5.41) is 0. The van der Waals surface area contributed by atoms with Crippen molar-refractivity contribution >= 4 is 21.7 Å². The molecule has 0 bridgehead atoms. The first-order valence-corrected chi connectivity index (χ1v) is 5.93. The average molecular weight is 293 g/mol. The maximum atomic E-state index is 13.1. The summed E-state index contributed by atoms with van der Waals surface area (Å²) in [5.41, 5.74) is 1.74. The van der Waals surface area contributed by atoms with Gasteiger partial charge in [0.25, 0.3) is 0 Å². The van der Waals surface area contributed by atoms with Gasteiger partial charge in [-0.1, -0.05) is 22.0 Å². The van der Waals surface area contributed by atoms with Crippen LogP contribution in [0.25, 0.3) is 0 Å². The first kappa shape index (κ1) is 12.0. The minimum absolute atomic E-state index is 0.158.